The van der Waals surface area contributed by atoms with Crippen LogP contribution in [0.15, 0.2) is 18.2 Å². The molecule has 1 rings (SSSR count). The van der Waals surface area contributed by atoms with Gasteiger partial charge < -0.3 is 10.5 Å². The van der Waals surface area contributed by atoms with E-state index < -0.39 is 5.92 Å². The Balaban J connectivity index is 2.78. The van der Waals surface area contributed by atoms with Crippen molar-refractivity contribution in [3.05, 3.63) is 35.1 Å². The van der Waals surface area contributed by atoms with Crippen LogP contribution in [0, 0.1) is 18.7 Å². The molecule has 0 spiro atoms. The predicted molar refractivity (Wildman–Crippen MR) is 59.4 cm³/mol. The molecule has 16 heavy (non-hydrogen) atoms. The van der Waals surface area contributed by atoms with E-state index in [2.05, 4.69) is 4.74 Å². The third-order valence-corrected chi connectivity index (χ3v) is 2.54. The Labute approximate surface area is 94.4 Å². The van der Waals surface area contributed by atoms with E-state index in [1.807, 2.05) is 0 Å². The second kappa shape index (κ2) is 5.61. The summed E-state index contributed by atoms with van der Waals surface area (Å²) in [5, 5.41) is 0. The van der Waals surface area contributed by atoms with Crippen LogP contribution >= 0.6 is 0 Å². The van der Waals surface area contributed by atoms with Gasteiger partial charge in [0.1, 0.15) is 5.82 Å². The fourth-order valence-electron chi connectivity index (χ4n) is 1.48. The topological polar surface area (TPSA) is 52.3 Å². The number of aryl methyl sites for hydroxylation is 1. The highest BCUT2D eigenvalue weighted by Crippen LogP contribution is 2.13. The van der Waals surface area contributed by atoms with Crippen LogP contribution in [0.5, 0.6) is 0 Å². The average Bonchev–Trinajstić information content (AvgIpc) is 2.29. The predicted octanol–water partition coefficient (Wildman–Crippen LogP) is 1.42. The number of hydrogen-bond donors (Lipinski definition) is 1. The van der Waals surface area contributed by atoms with Gasteiger partial charge in [0.05, 0.1) is 13.0 Å². The molecule has 1 atom stereocenters. The Hall–Kier alpha value is -1.42. The lowest BCUT2D eigenvalue weighted by Crippen LogP contribution is -2.26. The van der Waals surface area contributed by atoms with E-state index in [0.29, 0.717) is 12.0 Å². The maximum Gasteiger partial charge on any atom is 0.310 e. The first kappa shape index (κ1) is 12.6. The first-order chi connectivity index (χ1) is 7.58. The second-order valence-corrected chi connectivity index (χ2v) is 3.74. The van der Waals surface area contributed by atoms with Gasteiger partial charge in [0.25, 0.3) is 0 Å². The number of halogens is 1. The van der Waals surface area contributed by atoms with Crippen molar-refractivity contribution in [1.29, 1.82) is 0 Å². The van der Waals surface area contributed by atoms with E-state index in [9.17, 15) is 9.18 Å². The van der Waals surface area contributed by atoms with Gasteiger partial charge in [-0.05, 0) is 30.5 Å². The molecule has 1 aromatic carbocycles. The molecular formula is C12H16FNO2. The summed E-state index contributed by atoms with van der Waals surface area (Å²) in [6.07, 6.45) is 0.403. The minimum absolute atomic E-state index is 0.197. The van der Waals surface area contributed by atoms with Crippen LogP contribution in [0.3, 0.4) is 0 Å². The molecule has 1 aromatic rings. The van der Waals surface area contributed by atoms with Gasteiger partial charge in [0, 0.05) is 6.54 Å². The smallest absolute Gasteiger partial charge is 0.310 e. The van der Waals surface area contributed by atoms with Crippen LogP contribution in [0.2, 0.25) is 0 Å². The number of ether oxygens (including phenoxy) is 1. The lowest BCUT2D eigenvalue weighted by Gasteiger charge is -2.12. The molecule has 88 valence electrons. The summed E-state index contributed by atoms with van der Waals surface area (Å²) in [6, 6.07) is 4.92. The Kier molecular flexibility index (Phi) is 4.43. The van der Waals surface area contributed by atoms with Gasteiger partial charge in [-0.3, -0.25) is 4.79 Å². The molecule has 0 aliphatic heterocycles. The summed E-state index contributed by atoms with van der Waals surface area (Å²) in [7, 11) is 1.32. The molecular weight excluding hydrogens is 209 g/mol. The zero-order chi connectivity index (χ0) is 12.1. The van der Waals surface area contributed by atoms with Crippen LogP contribution in [0.25, 0.3) is 0 Å². The van der Waals surface area contributed by atoms with Gasteiger partial charge in [-0.2, -0.15) is 0 Å². The highest BCUT2D eigenvalue weighted by Gasteiger charge is 2.18. The Morgan fingerprint density at radius 2 is 2.25 bits per heavy atom. The number of rotatable bonds is 4. The minimum atomic E-state index is -0.410. The van der Waals surface area contributed by atoms with Gasteiger partial charge in [0.2, 0.25) is 0 Å². The number of carbonyl (C=O) groups is 1. The van der Waals surface area contributed by atoms with Crippen LogP contribution in [0.1, 0.15) is 11.1 Å². The molecule has 0 aliphatic carbocycles. The van der Waals surface area contributed by atoms with Crippen LogP contribution in [-0.2, 0) is 16.0 Å². The monoisotopic (exact) mass is 225 g/mol. The Morgan fingerprint density at radius 1 is 1.56 bits per heavy atom. The van der Waals surface area contributed by atoms with Crippen molar-refractivity contribution in [2.24, 2.45) is 11.7 Å². The van der Waals surface area contributed by atoms with Crippen molar-refractivity contribution >= 4 is 5.97 Å². The zero-order valence-electron chi connectivity index (χ0n) is 9.50. The lowest BCUT2D eigenvalue weighted by molar-refractivity contribution is -0.145. The number of nitrogens with two attached hydrogens (primary N) is 1. The summed E-state index contributed by atoms with van der Waals surface area (Å²) in [4.78, 5) is 11.3. The number of carbonyl (C=O) groups excluding carboxylic acids is 1. The molecule has 0 saturated carbocycles. The van der Waals surface area contributed by atoms with E-state index in [4.69, 9.17) is 5.73 Å². The summed E-state index contributed by atoms with van der Waals surface area (Å²) >= 11 is 0. The third-order valence-electron chi connectivity index (χ3n) is 2.54. The average molecular weight is 225 g/mol. The van der Waals surface area contributed by atoms with E-state index in [-0.39, 0.29) is 18.3 Å². The number of methoxy groups -OCH3 is 1. The van der Waals surface area contributed by atoms with Crippen LogP contribution in [-0.4, -0.2) is 19.6 Å². The maximum atomic E-state index is 13.3. The summed E-state index contributed by atoms with van der Waals surface area (Å²) in [5.74, 6) is -1.03. The molecule has 0 saturated heterocycles. The quantitative estimate of drug-likeness (QED) is 0.788. The van der Waals surface area contributed by atoms with Gasteiger partial charge in [-0.1, -0.05) is 12.1 Å². The van der Waals surface area contributed by atoms with Gasteiger partial charge in [-0.15, -0.1) is 0 Å². The van der Waals surface area contributed by atoms with Crippen LogP contribution in [0.4, 0.5) is 4.39 Å². The van der Waals surface area contributed by atoms with E-state index in [1.165, 1.54) is 13.2 Å². The molecule has 0 aliphatic rings. The second-order valence-electron chi connectivity index (χ2n) is 3.74. The molecule has 0 aromatic heterocycles. The third kappa shape index (κ3) is 3.03. The van der Waals surface area contributed by atoms with Crippen LogP contribution < -0.4 is 5.73 Å². The summed E-state index contributed by atoms with van der Waals surface area (Å²) in [5.41, 5.74) is 6.81. The van der Waals surface area contributed by atoms with Gasteiger partial charge in [-0.25, -0.2) is 4.39 Å². The SMILES string of the molecule is COC(=O)C(CN)Cc1ccc(C)c(F)c1. The van der Waals surface area contributed by atoms with Crippen molar-refractivity contribution in [1.82, 2.24) is 0 Å². The molecule has 1 unspecified atom stereocenters. The summed E-state index contributed by atoms with van der Waals surface area (Å²) < 4.78 is 17.9. The van der Waals surface area contributed by atoms with Crippen molar-refractivity contribution in [2.75, 3.05) is 13.7 Å². The van der Waals surface area contributed by atoms with Gasteiger partial charge >= 0.3 is 5.97 Å². The normalized spacial score (nSPS) is 12.2. The highest BCUT2D eigenvalue weighted by atomic mass is 19.1. The van der Waals surface area contributed by atoms with Crippen molar-refractivity contribution < 1.29 is 13.9 Å². The van der Waals surface area contributed by atoms with Crippen molar-refractivity contribution in [2.45, 2.75) is 13.3 Å². The molecule has 4 heteroatoms. The molecule has 0 radical (unpaired) electrons. The maximum absolute atomic E-state index is 13.3. The first-order valence-electron chi connectivity index (χ1n) is 5.11. The molecule has 3 nitrogen and oxygen atoms in total. The zero-order valence-corrected chi connectivity index (χ0v) is 9.50. The Morgan fingerprint density at radius 3 is 2.75 bits per heavy atom. The minimum Gasteiger partial charge on any atom is -0.469 e. The fraction of sp³-hybridized carbons (Fsp3) is 0.417. The number of esters is 1. The number of benzene rings is 1. The van der Waals surface area contributed by atoms with Crippen molar-refractivity contribution in [3.8, 4) is 0 Å². The lowest BCUT2D eigenvalue weighted by atomic mass is 9.98. The first-order valence-corrected chi connectivity index (χ1v) is 5.11. The molecule has 0 amide bonds. The molecule has 0 heterocycles. The van der Waals surface area contributed by atoms with E-state index in [1.54, 1.807) is 19.1 Å². The summed E-state index contributed by atoms with van der Waals surface area (Å²) in [6.45, 7) is 1.89. The van der Waals surface area contributed by atoms with E-state index in [0.717, 1.165) is 5.56 Å². The highest BCUT2D eigenvalue weighted by molar-refractivity contribution is 5.72. The van der Waals surface area contributed by atoms with Gasteiger partial charge in [0.15, 0.2) is 0 Å². The fourth-order valence-corrected chi connectivity index (χ4v) is 1.48. The Bertz CT molecular complexity index is 379. The standard InChI is InChI=1S/C12H16FNO2/c1-8-3-4-9(6-11(8)13)5-10(7-14)12(15)16-2/h3-4,6,10H,5,7,14H2,1-2H3. The van der Waals surface area contributed by atoms with E-state index >= 15 is 0 Å². The molecule has 2 N–H and O–H groups in total. The number of hydrogen-bond acceptors (Lipinski definition) is 3. The van der Waals surface area contributed by atoms with Crippen molar-refractivity contribution in [3.63, 3.8) is 0 Å². The molecule has 0 bridgehead atoms. The molecule has 0 fully saturated rings. The largest absolute Gasteiger partial charge is 0.469 e.